The van der Waals surface area contributed by atoms with Crippen LogP contribution in [-0.4, -0.2) is 34.0 Å². The molecule has 6 nitrogen and oxygen atoms in total. The second-order valence-corrected chi connectivity index (χ2v) is 8.56. The number of aromatic nitrogens is 2. The minimum Gasteiger partial charge on any atom is -0.494 e. The summed E-state index contributed by atoms with van der Waals surface area (Å²) in [6, 6.07) is 23.2. The first kappa shape index (κ1) is 22.9. The summed E-state index contributed by atoms with van der Waals surface area (Å²) in [6.07, 6.45) is 1.61. The molecule has 4 aromatic rings. The van der Waals surface area contributed by atoms with Crippen molar-refractivity contribution in [3.8, 4) is 5.75 Å². The zero-order valence-corrected chi connectivity index (χ0v) is 19.6. The molecule has 0 aliphatic heterocycles. The number of imidazole rings is 1. The van der Waals surface area contributed by atoms with Crippen LogP contribution >= 0.6 is 23.4 Å². The van der Waals surface area contributed by atoms with E-state index in [9.17, 15) is 4.79 Å². The van der Waals surface area contributed by atoms with Gasteiger partial charge in [-0.15, -0.1) is 0 Å². The normalized spacial score (nSPS) is 11.2. The molecule has 0 atom stereocenters. The number of para-hydroxylation sites is 2. The third-order valence-corrected chi connectivity index (χ3v) is 6.03. The molecule has 0 fully saturated rings. The van der Waals surface area contributed by atoms with E-state index in [1.165, 1.54) is 11.8 Å². The van der Waals surface area contributed by atoms with Crippen molar-refractivity contribution in [3.63, 3.8) is 0 Å². The summed E-state index contributed by atoms with van der Waals surface area (Å²) >= 11 is 7.40. The Hall–Kier alpha value is -3.29. The zero-order valence-electron chi connectivity index (χ0n) is 18.1. The van der Waals surface area contributed by atoms with Gasteiger partial charge in [-0.2, -0.15) is 5.10 Å². The van der Waals surface area contributed by atoms with Crippen LogP contribution in [0.15, 0.2) is 83.1 Å². The van der Waals surface area contributed by atoms with Crippen molar-refractivity contribution in [3.05, 3.63) is 88.9 Å². The van der Waals surface area contributed by atoms with Crippen LogP contribution in [0.4, 0.5) is 0 Å². The number of fused-ring (bicyclic) bond motifs is 1. The van der Waals surface area contributed by atoms with Crippen LogP contribution < -0.4 is 10.2 Å². The van der Waals surface area contributed by atoms with Gasteiger partial charge in [-0.05, 0) is 66.6 Å². The Morgan fingerprint density at radius 1 is 1.12 bits per heavy atom. The molecule has 0 radical (unpaired) electrons. The average molecular weight is 479 g/mol. The predicted octanol–water partition coefficient (Wildman–Crippen LogP) is 5.38. The number of carbonyl (C=O) groups excluding carboxylic acids is 1. The van der Waals surface area contributed by atoms with Crippen LogP contribution in [0.2, 0.25) is 5.02 Å². The molecule has 168 valence electrons. The Morgan fingerprint density at radius 2 is 1.88 bits per heavy atom. The second-order valence-electron chi connectivity index (χ2n) is 7.18. The number of amides is 1. The molecule has 8 heteroatoms. The summed E-state index contributed by atoms with van der Waals surface area (Å²) in [5, 5.41) is 5.53. The molecule has 1 heterocycles. The van der Waals surface area contributed by atoms with Crippen molar-refractivity contribution in [2.24, 2.45) is 5.10 Å². The maximum absolute atomic E-state index is 12.4. The van der Waals surface area contributed by atoms with Gasteiger partial charge >= 0.3 is 0 Å². The summed E-state index contributed by atoms with van der Waals surface area (Å²) in [7, 11) is 0. The molecule has 3 aromatic carbocycles. The Kier molecular flexibility index (Phi) is 7.65. The SMILES string of the molecule is CCOc1ccc(/C=N/NC(=O)CSc2nc3ccccc3n2Cc2ccc(Cl)cc2)cc1. The van der Waals surface area contributed by atoms with Crippen LogP contribution in [0.3, 0.4) is 0 Å². The molecule has 4 rings (SSSR count). The number of nitrogens with zero attached hydrogens (tertiary/aromatic N) is 3. The lowest BCUT2D eigenvalue weighted by molar-refractivity contribution is -0.118. The van der Waals surface area contributed by atoms with Gasteiger partial charge in [-0.1, -0.05) is 47.6 Å². The van der Waals surface area contributed by atoms with Crippen LogP contribution in [0, 0.1) is 0 Å². The molecule has 0 saturated heterocycles. The molecule has 1 N–H and O–H groups in total. The van der Waals surface area contributed by atoms with Gasteiger partial charge in [0.2, 0.25) is 0 Å². The molecule has 0 unspecified atom stereocenters. The molecular weight excluding hydrogens is 456 g/mol. The summed E-state index contributed by atoms with van der Waals surface area (Å²) in [6.45, 7) is 3.20. The van der Waals surface area contributed by atoms with Crippen LogP contribution in [0.25, 0.3) is 11.0 Å². The highest BCUT2D eigenvalue weighted by molar-refractivity contribution is 7.99. The van der Waals surface area contributed by atoms with Gasteiger partial charge in [0.05, 0.1) is 36.2 Å². The summed E-state index contributed by atoms with van der Waals surface area (Å²) in [5.74, 6) is 0.800. The fraction of sp³-hybridized carbons (Fsp3) is 0.160. The number of benzene rings is 3. The summed E-state index contributed by atoms with van der Waals surface area (Å²) in [5.41, 5.74) is 6.46. The maximum Gasteiger partial charge on any atom is 0.250 e. The molecular formula is C25H23ClN4O2S. The lowest BCUT2D eigenvalue weighted by Gasteiger charge is -2.09. The van der Waals surface area contributed by atoms with E-state index >= 15 is 0 Å². The van der Waals surface area contributed by atoms with Crippen molar-refractivity contribution < 1.29 is 9.53 Å². The topological polar surface area (TPSA) is 68.5 Å². The van der Waals surface area contributed by atoms with Crippen LogP contribution in [-0.2, 0) is 11.3 Å². The van der Waals surface area contributed by atoms with Crippen molar-refractivity contribution in [1.29, 1.82) is 0 Å². The van der Waals surface area contributed by atoms with Gasteiger partial charge in [-0.25, -0.2) is 10.4 Å². The number of rotatable bonds is 9. The van der Waals surface area contributed by atoms with Crippen LogP contribution in [0.1, 0.15) is 18.1 Å². The standard InChI is InChI=1S/C25H23ClN4O2S/c1-2-32-21-13-9-18(10-14-21)15-27-29-24(31)17-33-25-28-22-5-3-4-6-23(22)30(25)16-19-7-11-20(26)12-8-19/h3-15H,2,16-17H2,1H3,(H,29,31)/b27-15+. The van der Waals surface area contributed by atoms with E-state index in [4.69, 9.17) is 21.3 Å². The molecule has 33 heavy (non-hydrogen) atoms. The number of hydrazone groups is 1. The summed E-state index contributed by atoms with van der Waals surface area (Å²) < 4.78 is 7.53. The Labute approximate surface area is 201 Å². The molecule has 0 spiro atoms. The van der Waals surface area contributed by atoms with Gasteiger partial charge in [0.1, 0.15) is 5.75 Å². The molecule has 0 aliphatic rings. The Balaban J connectivity index is 1.40. The molecule has 1 amide bonds. The lowest BCUT2D eigenvalue weighted by atomic mass is 10.2. The van der Waals surface area contributed by atoms with Gasteiger partial charge in [0.15, 0.2) is 5.16 Å². The van der Waals surface area contributed by atoms with E-state index in [2.05, 4.69) is 15.1 Å². The first-order valence-electron chi connectivity index (χ1n) is 10.5. The van der Waals surface area contributed by atoms with Gasteiger partial charge < -0.3 is 9.30 Å². The third-order valence-electron chi connectivity index (χ3n) is 4.80. The number of halogens is 1. The number of thioether (sulfide) groups is 1. The largest absolute Gasteiger partial charge is 0.494 e. The zero-order chi connectivity index (χ0) is 23.0. The Bertz CT molecular complexity index is 1250. The van der Waals surface area contributed by atoms with E-state index < -0.39 is 0 Å². The van der Waals surface area contributed by atoms with Crippen LogP contribution in [0.5, 0.6) is 5.75 Å². The van der Waals surface area contributed by atoms with Gasteiger partial charge in [-0.3, -0.25) is 4.79 Å². The highest BCUT2D eigenvalue weighted by Crippen LogP contribution is 2.25. The smallest absolute Gasteiger partial charge is 0.250 e. The maximum atomic E-state index is 12.4. The molecule has 0 saturated carbocycles. The minimum atomic E-state index is -0.202. The van der Waals surface area contributed by atoms with E-state index in [-0.39, 0.29) is 11.7 Å². The number of carbonyl (C=O) groups is 1. The average Bonchev–Trinajstić information content (AvgIpc) is 3.18. The first-order valence-corrected chi connectivity index (χ1v) is 11.9. The quantitative estimate of drug-likeness (QED) is 0.199. The number of ether oxygens (including phenoxy) is 1. The van der Waals surface area contributed by atoms with Gasteiger partial charge in [0.25, 0.3) is 5.91 Å². The van der Waals surface area contributed by atoms with E-state index in [0.29, 0.717) is 18.2 Å². The fourth-order valence-corrected chi connectivity index (χ4v) is 4.18. The minimum absolute atomic E-state index is 0.199. The highest BCUT2D eigenvalue weighted by Gasteiger charge is 2.13. The summed E-state index contributed by atoms with van der Waals surface area (Å²) in [4.78, 5) is 17.1. The fourth-order valence-electron chi connectivity index (χ4n) is 3.25. The third kappa shape index (κ3) is 6.15. The predicted molar refractivity (Wildman–Crippen MR) is 134 cm³/mol. The number of hydrogen-bond donors (Lipinski definition) is 1. The number of hydrogen-bond acceptors (Lipinski definition) is 5. The Morgan fingerprint density at radius 3 is 2.64 bits per heavy atom. The van der Waals surface area contributed by atoms with Crippen molar-refractivity contribution >= 4 is 46.5 Å². The highest BCUT2D eigenvalue weighted by atomic mass is 35.5. The second kappa shape index (κ2) is 11.0. The lowest BCUT2D eigenvalue weighted by Crippen LogP contribution is -2.20. The van der Waals surface area contributed by atoms with Gasteiger partial charge in [0, 0.05) is 5.02 Å². The number of nitrogens with one attached hydrogen (secondary N) is 1. The first-order chi connectivity index (χ1) is 16.1. The molecule has 1 aromatic heterocycles. The van der Waals surface area contributed by atoms with E-state index in [0.717, 1.165) is 33.1 Å². The molecule has 0 aliphatic carbocycles. The van der Waals surface area contributed by atoms with Crippen molar-refractivity contribution in [2.75, 3.05) is 12.4 Å². The van der Waals surface area contributed by atoms with Crippen molar-refractivity contribution in [2.45, 2.75) is 18.6 Å². The van der Waals surface area contributed by atoms with Crippen molar-refractivity contribution in [1.82, 2.24) is 15.0 Å². The molecule has 0 bridgehead atoms. The monoisotopic (exact) mass is 478 g/mol. The van der Waals surface area contributed by atoms with E-state index in [1.807, 2.05) is 79.7 Å². The van der Waals surface area contributed by atoms with E-state index in [1.54, 1.807) is 6.21 Å².